The summed E-state index contributed by atoms with van der Waals surface area (Å²) in [5.41, 5.74) is 0. The van der Waals surface area contributed by atoms with E-state index in [4.69, 9.17) is 4.74 Å². The predicted molar refractivity (Wildman–Crippen MR) is 65.2 cm³/mol. The highest BCUT2D eigenvalue weighted by atomic mass is 16.5. The molecule has 0 radical (unpaired) electrons. The van der Waals surface area contributed by atoms with Crippen molar-refractivity contribution in [3.63, 3.8) is 0 Å². The molecule has 3 nitrogen and oxygen atoms in total. The summed E-state index contributed by atoms with van der Waals surface area (Å²) in [6.45, 7) is 5.35. The van der Waals surface area contributed by atoms with Crippen LogP contribution in [0.1, 0.15) is 39.5 Å². The maximum Gasteiger partial charge on any atom is 0.307 e. The molecule has 0 heterocycles. The van der Waals surface area contributed by atoms with Gasteiger partial charge in [0.1, 0.15) is 0 Å². The van der Waals surface area contributed by atoms with Gasteiger partial charge in [-0.05, 0) is 45.6 Å². The predicted octanol–water partition coefficient (Wildman–Crippen LogP) is 2.27. The molecule has 0 fully saturated rings. The van der Waals surface area contributed by atoms with Crippen LogP contribution >= 0.6 is 0 Å². The molecule has 0 saturated carbocycles. The van der Waals surface area contributed by atoms with Crippen LogP contribution in [-0.4, -0.2) is 25.2 Å². The lowest BCUT2D eigenvalue weighted by atomic mass is 9.94. The Morgan fingerprint density at radius 1 is 1.56 bits per heavy atom. The van der Waals surface area contributed by atoms with Crippen LogP contribution in [0, 0.1) is 5.92 Å². The van der Waals surface area contributed by atoms with Crippen LogP contribution in [0.5, 0.6) is 0 Å². The van der Waals surface area contributed by atoms with Crippen molar-refractivity contribution < 1.29 is 9.53 Å². The lowest BCUT2D eigenvalue weighted by Crippen LogP contribution is -2.33. The third-order valence-corrected chi connectivity index (χ3v) is 2.91. The molecule has 1 aliphatic carbocycles. The van der Waals surface area contributed by atoms with E-state index in [0.29, 0.717) is 13.0 Å². The number of hydrogen-bond donors (Lipinski definition) is 1. The van der Waals surface area contributed by atoms with Gasteiger partial charge in [-0.15, -0.1) is 0 Å². The minimum atomic E-state index is -0.106. The minimum absolute atomic E-state index is 0.106. The first-order chi connectivity index (χ1) is 7.72. The largest absolute Gasteiger partial charge is 0.466 e. The van der Waals surface area contributed by atoms with Gasteiger partial charge in [0.05, 0.1) is 13.0 Å². The van der Waals surface area contributed by atoms with Gasteiger partial charge in [-0.2, -0.15) is 0 Å². The van der Waals surface area contributed by atoms with Crippen LogP contribution in [0.4, 0.5) is 0 Å². The first-order valence-electron chi connectivity index (χ1n) is 6.26. The summed E-state index contributed by atoms with van der Waals surface area (Å²) in [6.07, 6.45) is 8.59. The van der Waals surface area contributed by atoms with Crippen molar-refractivity contribution in [1.29, 1.82) is 0 Å². The van der Waals surface area contributed by atoms with E-state index in [9.17, 15) is 4.79 Å². The minimum Gasteiger partial charge on any atom is -0.466 e. The van der Waals surface area contributed by atoms with Crippen LogP contribution in [0.3, 0.4) is 0 Å². The summed E-state index contributed by atoms with van der Waals surface area (Å²) >= 11 is 0. The van der Waals surface area contributed by atoms with Crippen LogP contribution < -0.4 is 5.32 Å². The van der Waals surface area contributed by atoms with Crippen molar-refractivity contribution in [3.05, 3.63) is 12.2 Å². The van der Waals surface area contributed by atoms with E-state index in [1.54, 1.807) is 0 Å². The molecular weight excluding hydrogens is 202 g/mol. The monoisotopic (exact) mass is 225 g/mol. The zero-order valence-electron chi connectivity index (χ0n) is 10.4. The quantitative estimate of drug-likeness (QED) is 0.556. The van der Waals surface area contributed by atoms with E-state index in [0.717, 1.165) is 12.5 Å². The molecule has 0 spiro atoms. The van der Waals surface area contributed by atoms with Crippen molar-refractivity contribution in [2.45, 2.75) is 45.6 Å². The average Bonchev–Trinajstić information content (AvgIpc) is 2.28. The molecule has 0 saturated heterocycles. The fraction of sp³-hybridized carbons (Fsp3) is 0.769. The Balaban J connectivity index is 2.11. The number of esters is 1. The van der Waals surface area contributed by atoms with E-state index >= 15 is 0 Å². The van der Waals surface area contributed by atoms with E-state index in [1.165, 1.54) is 19.3 Å². The fourth-order valence-corrected chi connectivity index (χ4v) is 1.95. The number of carbonyl (C=O) groups is 1. The zero-order valence-corrected chi connectivity index (χ0v) is 10.4. The van der Waals surface area contributed by atoms with Crippen molar-refractivity contribution in [2.24, 2.45) is 5.92 Å². The first kappa shape index (κ1) is 13.2. The molecule has 0 bridgehead atoms. The topological polar surface area (TPSA) is 38.3 Å². The molecule has 2 unspecified atom stereocenters. The summed E-state index contributed by atoms with van der Waals surface area (Å²) < 4.78 is 4.91. The molecule has 0 aliphatic heterocycles. The molecule has 92 valence electrons. The van der Waals surface area contributed by atoms with Crippen LogP contribution in [0.25, 0.3) is 0 Å². The SMILES string of the molecule is CCOC(=O)CC(C)NCC1CC=CCC1. The molecule has 0 amide bonds. The van der Waals surface area contributed by atoms with Gasteiger partial charge in [-0.1, -0.05) is 12.2 Å². The summed E-state index contributed by atoms with van der Waals surface area (Å²) in [5, 5.41) is 3.41. The van der Waals surface area contributed by atoms with Gasteiger partial charge in [0.25, 0.3) is 0 Å². The Morgan fingerprint density at radius 2 is 2.38 bits per heavy atom. The number of allylic oxidation sites excluding steroid dienone is 2. The maximum atomic E-state index is 11.2. The van der Waals surface area contributed by atoms with Gasteiger partial charge in [-0.3, -0.25) is 4.79 Å². The van der Waals surface area contributed by atoms with Crippen molar-refractivity contribution >= 4 is 5.97 Å². The smallest absolute Gasteiger partial charge is 0.307 e. The summed E-state index contributed by atoms with van der Waals surface area (Å²) in [4.78, 5) is 11.2. The Hall–Kier alpha value is -0.830. The third-order valence-electron chi connectivity index (χ3n) is 2.91. The van der Waals surface area contributed by atoms with Crippen LogP contribution in [0.15, 0.2) is 12.2 Å². The van der Waals surface area contributed by atoms with Crippen molar-refractivity contribution in [2.75, 3.05) is 13.2 Å². The van der Waals surface area contributed by atoms with Gasteiger partial charge in [-0.25, -0.2) is 0 Å². The zero-order chi connectivity index (χ0) is 11.8. The highest BCUT2D eigenvalue weighted by molar-refractivity contribution is 5.69. The Bertz CT molecular complexity index is 238. The molecule has 1 aliphatic rings. The summed E-state index contributed by atoms with van der Waals surface area (Å²) in [7, 11) is 0. The van der Waals surface area contributed by atoms with Gasteiger partial charge >= 0.3 is 5.97 Å². The molecule has 3 heteroatoms. The standard InChI is InChI=1S/C13H23NO2/c1-3-16-13(15)9-11(2)14-10-12-7-5-4-6-8-12/h4-5,11-12,14H,3,6-10H2,1-2H3. The first-order valence-corrected chi connectivity index (χ1v) is 6.26. The lowest BCUT2D eigenvalue weighted by Gasteiger charge is -2.21. The Morgan fingerprint density at radius 3 is 3.00 bits per heavy atom. The number of rotatable bonds is 6. The lowest BCUT2D eigenvalue weighted by molar-refractivity contribution is -0.143. The second-order valence-electron chi connectivity index (χ2n) is 4.47. The number of ether oxygens (including phenoxy) is 1. The van der Waals surface area contributed by atoms with E-state index < -0.39 is 0 Å². The molecular formula is C13H23NO2. The number of hydrogen-bond acceptors (Lipinski definition) is 3. The highest BCUT2D eigenvalue weighted by Crippen LogP contribution is 2.17. The van der Waals surface area contributed by atoms with Crippen molar-refractivity contribution in [1.82, 2.24) is 5.32 Å². The fourth-order valence-electron chi connectivity index (χ4n) is 1.95. The molecule has 0 aromatic heterocycles. The Kier molecular flexibility index (Phi) is 6.16. The molecule has 0 aromatic rings. The van der Waals surface area contributed by atoms with Gasteiger partial charge in [0.2, 0.25) is 0 Å². The van der Waals surface area contributed by atoms with E-state index in [-0.39, 0.29) is 12.0 Å². The Labute approximate surface area is 98.2 Å². The molecule has 0 aromatic carbocycles. The normalized spacial score (nSPS) is 21.8. The maximum absolute atomic E-state index is 11.2. The molecule has 2 atom stereocenters. The van der Waals surface area contributed by atoms with Crippen molar-refractivity contribution in [3.8, 4) is 0 Å². The molecule has 1 rings (SSSR count). The summed E-state index contributed by atoms with van der Waals surface area (Å²) in [6, 6.07) is 0.213. The molecule has 16 heavy (non-hydrogen) atoms. The van der Waals surface area contributed by atoms with Gasteiger partial charge in [0, 0.05) is 6.04 Å². The van der Waals surface area contributed by atoms with Gasteiger partial charge in [0.15, 0.2) is 0 Å². The second kappa shape index (κ2) is 7.44. The average molecular weight is 225 g/mol. The number of nitrogens with one attached hydrogen (secondary N) is 1. The third kappa shape index (κ3) is 5.31. The van der Waals surface area contributed by atoms with E-state index in [1.807, 2.05) is 13.8 Å². The number of carbonyl (C=O) groups excluding carboxylic acids is 1. The molecule has 1 N–H and O–H groups in total. The van der Waals surface area contributed by atoms with E-state index in [2.05, 4.69) is 17.5 Å². The van der Waals surface area contributed by atoms with Crippen LogP contribution in [0.2, 0.25) is 0 Å². The highest BCUT2D eigenvalue weighted by Gasteiger charge is 2.13. The summed E-state index contributed by atoms with van der Waals surface area (Å²) in [5.74, 6) is 0.626. The van der Waals surface area contributed by atoms with Crippen LogP contribution in [-0.2, 0) is 9.53 Å². The second-order valence-corrected chi connectivity index (χ2v) is 4.47. The van der Waals surface area contributed by atoms with Gasteiger partial charge < -0.3 is 10.1 Å².